The minimum Gasteiger partial charge on any atom is -0.438 e. The van der Waals surface area contributed by atoms with Crippen LogP contribution in [0.2, 0.25) is 0 Å². The quantitative estimate of drug-likeness (QED) is 0.386. The summed E-state index contributed by atoms with van der Waals surface area (Å²) in [5, 5.41) is 17.5. The van der Waals surface area contributed by atoms with Crippen molar-refractivity contribution < 1.29 is 4.74 Å². The number of nitrogens with zero attached hydrogens (tertiary/aromatic N) is 4. The number of nitrogens with two attached hydrogens (primary N) is 1. The fraction of sp³-hybridized carbons (Fsp3) is 0.0476. The van der Waals surface area contributed by atoms with Crippen LogP contribution < -0.4 is 10.5 Å². The summed E-state index contributed by atoms with van der Waals surface area (Å²) in [4.78, 5) is 4.07. The number of rotatable bonds is 6. The minimum absolute atomic E-state index is 0.277. The molecule has 6 nitrogen and oxygen atoms in total. The van der Waals surface area contributed by atoms with Gasteiger partial charge >= 0.3 is 0 Å². The van der Waals surface area contributed by atoms with Gasteiger partial charge in [0.25, 0.3) is 0 Å². The Kier molecular flexibility index (Phi) is 6.77. The maximum Gasteiger partial charge on any atom is 0.237 e. The highest BCUT2D eigenvalue weighted by Crippen LogP contribution is 2.22. The van der Waals surface area contributed by atoms with E-state index < -0.39 is 0 Å². The van der Waals surface area contributed by atoms with Gasteiger partial charge in [0.1, 0.15) is 17.4 Å². The lowest BCUT2D eigenvalue weighted by Crippen LogP contribution is -2.05. The SMILES string of the molecule is N#Cc1cccnc1Oc1ccc(C=NN=C(N)SCc2ccccc2)cc1. The van der Waals surface area contributed by atoms with Gasteiger partial charge in [-0.1, -0.05) is 42.1 Å². The van der Waals surface area contributed by atoms with E-state index >= 15 is 0 Å². The monoisotopic (exact) mass is 387 g/mol. The van der Waals surface area contributed by atoms with Crippen LogP contribution in [0.25, 0.3) is 0 Å². The van der Waals surface area contributed by atoms with Crippen LogP contribution in [0.5, 0.6) is 11.6 Å². The molecule has 0 amide bonds. The smallest absolute Gasteiger partial charge is 0.237 e. The predicted octanol–water partition coefficient (Wildman–Crippen LogP) is 4.33. The molecule has 0 unspecified atom stereocenters. The molecule has 0 radical (unpaired) electrons. The number of hydrogen-bond donors (Lipinski definition) is 1. The summed E-state index contributed by atoms with van der Waals surface area (Å²) < 4.78 is 5.64. The van der Waals surface area contributed by atoms with Crippen LogP contribution in [-0.4, -0.2) is 16.4 Å². The van der Waals surface area contributed by atoms with Crippen molar-refractivity contribution in [3.63, 3.8) is 0 Å². The molecule has 0 saturated carbocycles. The van der Waals surface area contributed by atoms with Crippen LogP contribution in [0.15, 0.2) is 83.1 Å². The third-order valence-electron chi connectivity index (χ3n) is 3.58. The zero-order valence-corrected chi connectivity index (χ0v) is 15.7. The maximum absolute atomic E-state index is 9.07. The standard InChI is InChI=1S/C21H17N5OS/c22-13-18-7-4-12-24-20(18)27-19-10-8-16(9-11-19)14-25-26-21(23)28-15-17-5-2-1-3-6-17/h1-12,14H,15H2,(H2,23,26). The fourth-order valence-electron chi connectivity index (χ4n) is 2.20. The molecule has 1 heterocycles. The van der Waals surface area contributed by atoms with Gasteiger partial charge in [-0.05, 0) is 47.5 Å². The second-order valence-electron chi connectivity index (χ2n) is 5.60. The molecule has 0 atom stereocenters. The number of amidine groups is 1. The molecule has 3 aromatic rings. The Hall–Kier alpha value is -3.63. The molecule has 3 rings (SSSR count). The van der Waals surface area contributed by atoms with Crippen LogP contribution in [0, 0.1) is 11.3 Å². The van der Waals surface area contributed by atoms with E-state index in [1.54, 1.807) is 36.7 Å². The molecule has 1 aromatic heterocycles. The van der Waals surface area contributed by atoms with E-state index in [9.17, 15) is 0 Å². The molecular weight excluding hydrogens is 370 g/mol. The van der Waals surface area contributed by atoms with E-state index in [1.807, 2.05) is 48.5 Å². The van der Waals surface area contributed by atoms with Crippen LogP contribution in [0.3, 0.4) is 0 Å². The third-order valence-corrected chi connectivity index (χ3v) is 4.43. The van der Waals surface area contributed by atoms with Crippen LogP contribution in [-0.2, 0) is 5.75 Å². The van der Waals surface area contributed by atoms with Gasteiger partial charge in [-0.2, -0.15) is 10.4 Å². The summed E-state index contributed by atoms with van der Waals surface area (Å²) in [6, 6.07) is 22.6. The summed E-state index contributed by atoms with van der Waals surface area (Å²) in [7, 11) is 0. The summed E-state index contributed by atoms with van der Waals surface area (Å²) in [6.45, 7) is 0. The summed E-state index contributed by atoms with van der Waals surface area (Å²) in [6.07, 6.45) is 3.19. The molecule has 0 saturated heterocycles. The van der Waals surface area contributed by atoms with Crippen LogP contribution in [0.4, 0.5) is 0 Å². The summed E-state index contributed by atoms with van der Waals surface area (Å²) >= 11 is 1.43. The topological polar surface area (TPSA) is 96.6 Å². The number of pyridine rings is 1. The normalized spacial score (nSPS) is 11.3. The van der Waals surface area contributed by atoms with E-state index in [1.165, 1.54) is 17.3 Å². The van der Waals surface area contributed by atoms with Gasteiger partial charge in [0.2, 0.25) is 5.88 Å². The maximum atomic E-state index is 9.07. The van der Waals surface area contributed by atoms with E-state index in [2.05, 4.69) is 15.2 Å². The first-order valence-electron chi connectivity index (χ1n) is 8.41. The first kappa shape index (κ1) is 19.1. The van der Waals surface area contributed by atoms with E-state index in [0.29, 0.717) is 16.5 Å². The number of hydrogen-bond acceptors (Lipinski definition) is 6. The fourth-order valence-corrected chi connectivity index (χ4v) is 2.82. The van der Waals surface area contributed by atoms with Gasteiger partial charge in [-0.25, -0.2) is 4.98 Å². The number of nitriles is 1. The van der Waals surface area contributed by atoms with E-state index in [0.717, 1.165) is 11.3 Å². The zero-order chi connectivity index (χ0) is 19.6. The molecule has 0 bridgehead atoms. The molecule has 2 N–H and O–H groups in total. The molecular formula is C21H17N5OS. The molecule has 0 spiro atoms. The molecule has 0 fully saturated rings. The first-order chi connectivity index (χ1) is 13.7. The van der Waals surface area contributed by atoms with Crippen LogP contribution in [0.1, 0.15) is 16.7 Å². The Morgan fingerprint density at radius 3 is 2.64 bits per heavy atom. The van der Waals surface area contributed by atoms with Gasteiger partial charge < -0.3 is 10.5 Å². The van der Waals surface area contributed by atoms with Gasteiger partial charge in [0.05, 0.1) is 6.21 Å². The zero-order valence-electron chi connectivity index (χ0n) is 14.9. The number of benzene rings is 2. The van der Waals surface area contributed by atoms with Crippen molar-refractivity contribution in [3.8, 4) is 17.7 Å². The van der Waals surface area contributed by atoms with Crippen molar-refractivity contribution in [2.24, 2.45) is 15.9 Å². The average Bonchev–Trinajstić information content (AvgIpc) is 2.75. The highest BCUT2D eigenvalue weighted by atomic mass is 32.2. The second-order valence-corrected chi connectivity index (χ2v) is 6.59. The Bertz CT molecular complexity index is 1010. The largest absolute Gasteiger partial charge is 0.438 e. The van der Waals surface area contributed by atoms with Crippen LogP contribution >= 0.6 is 11.8 Å². The molecule has 138 valence electrons. The van der Waals surface area contributed by atoms with Crippen molar-refractivity contribution in [2.75, 3.05) is 0 Å². The number of thioether (sulfide) groups is 1. The molecule has 2 aromatic carbocycles. The average molecular weight is 387 g/mol. The van der Waals surface area contributed by atoms with Crippen molar-refractivity contribution >= 4 is 23.1 Å². The van der Waals surface area contributed by atoms with Crippen molar-refractivity contribution in [3.05, 3.63) is 89.6 Å². The molecule has 0 aliphatic carbocycles. The van der Waals surface area contributed by atoms with Crippen molar-refractivity contribution in [1.29, 1.82) is 5.26 Å². The molecule has 0 aliphatic heterocycles. The van der Waals surface area contributed by atoms with Gasteiger partial charge in [0.15, 0.2) is 5.17 Å². The lowest BCUT2D eigenvalue weighted by Gasteiger charge is -2.05. The molecule has 0 aliphatic rings. The Labute approximate surface area is 167 Å². The van der Waals surface area contributed by atoms with E-state index in [4.69, 9.17) is 15.7 Å². The first-order valence-corrected chi connectivity index (χ1v) is 9.39. The summed E-state index contributed by atoms with van der Waals surface area (Å²) in [5.74, 6) is 1.60. The Morgan fingerprint density at radius 1 is 1.11 bits per heavy atom. The summed E-state index contributed by atoms with van der Waals surface area (Å²) in [5.41, 5.74) is 8.27. The predicted molar refractivity (Wildman–Crippen MR) is 112 cm³/mol. The van der Waals surface area contributed by atoms with Gasteiger partial charge in [-0.3, -0.25) is 0 Å². The van der Waals surface area contributed by atoms with E-state index in [-0.39, 0.29) is 5.88 Å². The number of aromatic nitrogens is 1. The molecule has 28 heavy (non-hydrogen) atoms. The van der Waals surface area contributed by atoms with Crippen molar-refractivity contribution in [1.82, 2.24) is 4.98 Å². The van der Waals surface area contributed by atoms with Crippen molar-refractivity contribution in [2.45, 2.75) is 5.75 Å². The Balaban J connectivity index is 1.55. The minimum atomic E-state index is 0.277. The highest BCUT2D eigenvalue weighted by Gasteiger charge is 2.05. The van der Waals surface area contributed by atoms with Gasteiger partial charge in [0, 0.05) is 11.9 Å². The number of ether oxygens (including phenoxy) is 1. The lowest BCUT2D eigenvalue weighted by molar-refractivity contribution is 0.461. The Morgan fingerprint density at radius 2 is 1.89 bits per heavy atom. The molecule has 7 heteroatoms. The van der Waals surface area contributed by atoms with Gasteiger partial charge in [-0.15, -0.1) is 5.10 Å². The highest BCUT2D eigenvalue weighted by molar-refractivity contribution is 8.13. The second kappa shape index (κ2) is 9.90. The lowest BCUT2D eigenvalue weighted by atomic mass is 10.2. The third kappa shape index (κ3) is 5.69.